The van der Waals surface area contributed by atoms with E-state index in [0.717, 1.165) is 11.8 Å². The maximum atomic E-state index is 2.46. The molecule has 0 amide bonds. The van der Waals surface area contributed by atoms with E-state index >= 15 is 0 Å². The summed E-state index contributed by atoms with van der Waals surface area (Å²) in [5, 5.41) is 0. The zero-order valence-corrected chi connectivity index (χ0v) is 22.8. The van der Waals surface area contributed by atoms with E-state index in [1.807, 2.05) is 0 Å². The monoisotopic (exact) mass is 581 g/mol. The van der Waals surface area contributed by atoms with Gasteiger partial charge in [-0.05, 0) is 143 Å². The van der Waals surface area contributed by atoms with E-state index in [1.165, 1.54) is 59.2 Å². The van der Waals surface area contributed by atoms with Gasteiger partial charge in [0.2, 0.25) is 0 Å². The number of rotatable bonds is 5. The fourth-order valence-electron chi connectivity index (χ4n) is 8.31. The minimum atomic E-state index is 0.329. The molecule has 0 N–H and O–H groups in total. The van der Waals surface area contributed by atoms with Crippen LogP contribution in [-0.2, 0) is 10.8 Å². The highest BCUT2D eigenvalue weighted by Gasteiger charge is 2.58. The molecule has 4 aliphatic carbocycles. The van der Waals surface area contributed by atoms with Crippen LogP contribution in [0.4, 0.5) is 17.1 Å². The van der Waals surface area contributed by atoms with Crippen molar-refractivity contribution in [3.8, 4) is 0 Å². The molecule has 0 heterocycles. The Hall–Kier alpha value is -2.59. The van der Waals surface area contributed by atoms with Crippen molar-refractivity contribution < 1.29 is 0 Å². The van der Waals surface area contributed by atoms with Gasteiger partial charge in [-0.25, -0.2) is 0 Å². The van der Waals surface area contributed by atoms with Gasteiger partial charge in [0, 0.05) is 20.6 Å². The predicted octanol–water partition coefficient (Wildman–Crippen LogP) is 9.55. The molecular weight excluding hydrogens is 549 g/mol. The van der Waals surface area contributed by atoms with Crippen molar-refractivity contribution in [3.05, 3.63) is 124 Å². The molecule has 1 nitrogen and oxygen atoms in total. The van der Waals surface area contributed by atoms with Gasteiger partial charge in [0.05, 0.1) is 0 Å². The maximum Gasteiger partial charge on any atom is 0.0461 e. The third-order valence-electron chi connectivity index (χ3n) is 9.28. The van der Waals surface area contributed by atoms with Gasteiger partial charge in [-0.15, -0.1) is 0 Å². The van der Waals surface area contributed by atoms with Crippen molar-refractivity contribution in [2.45, 2.75) is 49.4 Å². The van der Waals surface area contributed by atoms with Crippen LogP contribution in [0.25, 0.3) is 0 Å². The van der Waals surface area contributed by atoms with Gasteiger partial charge in [0.25, 0.3) is 0 Å². The summed E-state index contributed by atoms with van der Waals surface area (Å²) in [4.78, 5) is 2.37. The third kappa shape index (κ3) is 3.80. The second kappa shape index (κ2) is 8.76. The number of hydrogen-bond donors (Lipinski definition) is 0. The van der Waals surface area contributed by atoms with E-state index in [9.17, 15) is 0 Å². The topological polar surface area (TPSA) is 3.24 Å². The molecule has 4 fully saturated rings. The van der Waals surface area contributed by atoms with Crippen molar-refractivity contribution in [1.82, 2.24) is 0 Å². The van der Waals surface area contributed by atoms with Crippen LogP contribution in [-0.4, -0.2) is 0 Å². The second-order valence-corrected chi connectivity index (χ2v) is 12.8. The molecule has 2 atom stereocenters. The van der Waals surface area contributed by atoms with Crippen LogP contribution < -0.4 is 4.90 Å². The molecule has 4 aromatic carbocycles. The number of halogens is 1. The Balaban J connectivity index is 1.26. The Morgan fingerprint density at radius 1 is 0.528 bits per heavy atom. The second-order valence-electron chi connectivity index (χ2n) is 11.6. The number of benzene rings is 4. The summed E-state index contributed by atoms with van der Waals surface area (Å²) in [6, 6.07) is 40.6. The first-order valence-electron chi connectivity index (χ1n) is 13.4. The lowest BCUT2D eigenvalue weighted by atomic mass is 9.42. The van der Waals surface area contributed by atoms with E-state index < -0.39 is 0 Å². The number of nitrogens with zero attached hydrogens (tertiary/aromatic N) is 1. The Kier molecular flexibility index (Phi) is 5.50. The highest BCUT2D eigenvalue weighted by atomic mass is 127. The van der Waals surface area contributed by atoms with Crippen LogP contribution in [0.3, 0.4) is 0 Å². The molecule has 4 aliphatic rings. The molecule has 2 unspecified atom stereocenters. The molecule has 2 heteroatoms. The zero-order valence-electron chi connectivity index (χ0n) is 20.6. The summed E-state index contributed by atoms with van der Waals surface area (Å²) >= 11 is 2.44. The summed E-state index contributed by atoms with van der Waals surface area (Å²) in [6.45, 7) is 0. The van der Waals surface area contributed by atoms with Gasteiger partial charge in [0.15, 0.2) is 0 Å². The Bertz CT molecular complexity index is 1290. The van der Waals surface area contributed by atoms with Crippen molar-refractivity contribution >= 4 is 39.7 Å². The summed E-state index contributed by atoms with van der Waals surface area (Å²) in [5.74, 6) is 1.74. The van der Waals surface area contributed by atoms with Gasteiger partial charge in [-0.2, -0.15) is 0 Å². The van der Waals surface area contributed by atoms with Gasteiger partial charge in [0.1, 0.15) is 0 Å². The summed E-state index contributed by atoms with van der Waals surface area (Å²) in [5.41, 5.74) is 7.48. The van der Waals surface area contributed by atoms with Crippen LogP contribution in [0.2, 0.25) is 0 Å². The van der Waals surface area contributed by atoms with Gasteiger partial charge in [-0.1, -0.05) is 60.7 Å². The standard InChI is InChI=1S/C34H32IN/c35-29-15-11-27(12-16-29)33-20-25-19-26(21-33)23-34(22-25,24-33)28-13-17-32(18-14-28)36(30-7-3-1-4-8-30)31-9-5-2-6-10-31/h1-18,25-26H,19-24H2. The van der Waals surface area contributed by atoms with E-state index in [4.69, 9.17) is 0 Å². The lowest BCUT2D eigenvalue weighted by Crippen LogP contribution is -2.55. The van der Waals surface area contributed by atoms with Gasteiger partial charge in [-0.3, -0.25) is 0 Å². The van der Waals surface area contributed by atoms with E-state index in [0.29, 0.717) is 10.8 Å². The average Bonchev–Trinajstić information content (AvgIpc) is 2.90. The average molecular weight is 582 g/mol. The smallest absolute Gasteiger partial charge is 0.0461 e. The van der Waals surface area contributed by atoms with Crippen LogP contribution in [0.1, 0.15) is 49.7 Å². The first-order chi connectivity index (χ1) is 17.6. The molecule has 0 radical (unpaired) electrons. The molecule has 180 valence electrons. The number of anilines is 3. The van der Waals surface area contributed by atoms with Gasteiger partial charge >= 0.3 is 0 Å². The van der Waals surface area contributed by atoms with Crippen LogP contribution in [0, 0.1) is 15.4 Å². The summed E-state index contributed by atoms with van der Waals surface area (Å²) < 4.78 is 1.34. The molecular formula is C34H32IN. The highest BCUT2D eigenvalue weighted by molar-refractivity contribution is 14.1. The third-order valence-corrected chi connectivity index (χ3v) is 10.0. The van der Waals surface area contributed by atoms with Crippen LogP contribution >= 0.6 is 22.6 Å². The van der Waals surface area contributed by atoms with Crippen molar-refractivity contribution in [2.75, 3.05) is 4.90 Å². The maximum absolute atomic E-state index is 2.46. The lowest BCUT2D eigenvalue weighted by Gasteiger charge is -2.63. The summed E-state index contributed by atoms with van der Waals surface area (Å²) in [7, 11) is 0. The quantitative estimate of drug-likeness (QED) is 0.212. The minimum Gasteiger partial charge on any atom is -0.311 e. The predicted molar refractivity (Wildman–Crippen MR) is 158 cm³/mol. The Morgan fingerprint density at radius 3 is 1.42 bits per heavy atom. The Morgan fingerprint density at radius 2 is 0.944 bits per heavy atom. The Labute approximate surface area is 228 Å². The van der Waals surface area contributed by atoms with Crippen molar-refractivity contribution in [1.29, 1.82) is 0 Å². The van der Waals surface area contributed by atoms with Crippen molar-refractivity contribution in [3.63, 3.8) is 0 Å². The van der Waals surface area contributed by atoms with E-state index in [2.05, 4.69) is 137 Å². The number of para-hydroxylation sites is 2. The van der Waals surface area contributed by atoms with E-state index in [1.54, 1.807) is 11.1 Å². The van der Waals surface area contributed by atoms with E-state index in [-0.39, 0.29) is 0 Å². The summed E-state index contributed by atoms with van der Waals surface area (Å²) in [6.07, 6.45) is 8.28. The van der Waals surface area contributed by atoms with Crippen LogP contribution in [0.5, 0.6) is 0 Å². The molecule has 36 heavy (non-hydrogen) atoms. The molecule has 0 aliphatic heterocycles. The SMILES string of the molecule is Ic1ccc(C23CC4CC(C2)CC(c2ccc(N(c5ccccc5)c5ccccc5)cc2)(C4)C3)cc1. The molecule has 4 aromatic rings. The fourth-order valence-corrected chi connectivity index (χ4v) is 8.67. The van der Waals surface area contributed by atoms with Crippen molar-refractivity contribution in [2.24, 2.45) is 11.8 Å². The molecule has 4 saturated carbocycles. The molecule has 4 bridgehead atoms. The van der Waals surface area contributed by atoms with Gasteiger partial charge < -0.3 is 4.90 Å². The molecule has 8 rings (SSSR count). The first kappa shape index (κ1) is 22.6. The molecule has 0 aromatic heterocycles. The lowest BCUT2D eigenvalue weighted by molar-refractivity contribution is -0.0281. The molecule has 0 spiro atoms. The van der Waals surface area contributed by atoms with Crippen LogP contribution in [0.15, 0.2) is 109 Å². The fraction of sp³-hybridized carbons (Fsp3) is 0.294. The number of hydrogen-bond acceptors (Lipinski definition) is 1. The first-order valence-corrected chi connectivity index (χ1v) is 14.5. The molecule has 0 saturated heterocycles. The highest BCUT2D eigenvalue weighted by Crippen LogP contribution is 2.66. The minimum absolute atomic E-state index is 0.329. The zero-order chi connectivity index (χ0) is 24.2. The normalized spacial score (nSPS) is 28.2. The largest absolute Gasteiger partial charge is 0.311 e.